The van der Waals surface area contributed by atoms with Crippen LogP contribution in [0.5, 0.6) is 11.5 Å². The highest BCUT2D eigenvalue weighted by atomic mass is 16.5. The van der Waals surface area contributed by atoms with Crippen LogP contribution in [0, 0.1) is 22.7 Å². The summed E-state index contributed by atoms with van der Waals surface area (Å²) in [4.78, 5) is 11.9. The number of phenols is 1. The largest absolute Gasteiger partial charge is 0.508 e. The van der Waals surface area contributed by atoms with Gasteiger partial charge in [0, 0.05) is 29.4 Å². The molecule has 3 N–H and O–H groups in total. The zero-order valence-corrected chi connectivity index (χ0v) is 19.8. The summed E-state index contributed by atoms with van der Waals surface area (Å²) < 4.78 is 12.9. The SMILES string of the molecule is CC(=O)CC1OCc2cc(O)c3c(c21)OC1(C3)C(C)CCC2C(C)(C)C(O)C(O)CC21C. The molecule has 7 atom stereocenters. The van der Waals surface area contributed by atoms with Crippen LogP contribution >= 0.6 is 0 Å². The summed E-state index contributed by atoms with van der Waals surface area (Å²) in [5.41, 5.74) is 1.12. The number of Topliss-reactive ketones (excluding diaryl/α,β-unsaturated/α-hetero) is 1. The van der Waals surface area contributed by atoms with Gasteiger partial charge in [-0.2, -0.15) is 0 Å². The smallest absolute Gasteiger partial charge is 0.133 e. The van der Waals surface area contributed by atoms with Gasteiger partial charge in [-0.1, -0.05) is 27.7 Å². The Kier molecular flexibility index (Phi) is 4.81. The molecular formula is C26H36O6. The van der Waals surface area contributed by atoms with Gasteiger partial charge in [0.25, 0.3) is 0 Å². The topological polar surface area (TPSA) is 96.2 Å². The summed E-state index contributed by atoms with van der Waals surface area (Å²) in [5, 5.41) is 32.7. The Bertz CT molecular complexity index is 970. The van der Waals surface area contributed by atoms with Crippen molar-refractivity contribution < 1.29 is 29.6 Å². The number of aromatic hydroxyl groups is 1. The maximum Gasteiger partial charge on any atom is 0.133 e. The molecule has 0 amide bonds. The lowest BCUT2D eigenvalue weighted by Gasteiger charge is -2.64. The Morgan fingerprint density at radius 3 is 2.62 bits per heavy atom. The molecule has 6 nitrogen and oxygen atoms in total. The summed E-state index contributed by atoms with van der Waals surface area (Å²) in [6.45, 7) is 10.4. The average Bonchev–Trinajstić information content (AvgIpc) is 3.27. The molecule has 2 fully saturated rings. The second-order valence-electron chi connectivity index (χ2n) is 11.6. The number of rotatable bonds is 2. The predicted octanol–water partition coefficient (Wildman–Crippen LogP) is 3.82. The van der Waals surface area contributed by atoms with E-state index in [9.17, 15) is 20.1 Å². The molecule has 176 valence electrons. The summed E-state index contributed by atoms with van der Waals surface area (Å²) in [6.07, 6.45) is 1.26. The number of ketones is 1. The highest BCUT2D eigenvalue weighted by Crippen LogP contribution is 2.67. The van der Waals surface area contributed by atoms with Crippen LogP contribution in [0.25, 0.3) is 0 Å². The van der Waals surface area contributed by atoms with Crippen molar-refractivity contribution in [3.8, 4) is 11.5 Å². The van der Waals surface area contributed by atoms with Crippen molar-refractivity contribution in [1.82, 2.24) is 0 Å². The van der Waals surface area contributed by atoms with E-state index in [0.717, 1.165) is 29.5 Å². The molecule has 2 aliphatic carbocycles. The monoisotopic (exact) mass is 444 g/mol. The first kappa shape index (κ1) is 22.2. The molecule has 0 bridgehead atoms. The quantitative estimate of drug-likeness (QED) is 0.642. The molecule has 2 heterocycles. The summed E-state index contributed by atoms with van der Waals surface area (Å²) in [6, 6.07) is 1.77. The zero-order valence-electron chi connectivity index (χ0n) is 19.8. The van der Waals surface area contributed by atoms with Crippen LogP contribution < -0.4 is 4.74 Å². The minimum atomic E-state index is -0.825. The fraction of sp³-hybridized carbons (Fsp3) is 0.731. The molecule has 0 aromatic heterocycles. The number of aliphatic hydroxyl groups is 2. The molecule has 7 unspecified atom stereocenters. The molecule has 0 radical (unpaired) electrons. The van der Waals surface area contributed by atoms with Crippen molar-refractivity contribution in [2.75, 3.05) is 0 Å². The van der Waals surface area contributed by atoms with Gasteiger partial charge in [-0.05, 0) is 55.1 Å². The Morgan fingerprint density at radius 1 is 1.22 bits per heavy atom. The van der Waals surface area contributed by atoms with Gasteiger partial charge in [-0.15, -0.1) is 0 Å². The minimum Gasteiger partial charge on any atom is -0.508 e. The maximum atomic E-state index is 11.9. The average molecular weight is 445 g/mol. The van der Waals surface area contributed by atoms with E-state index in [-0.39, 0.29) is 41.3 Å². The molecule has 5 rings (SSSR count). The number of carbonyl (C=O) groups is 1. The first-order valence-electron chi connectivity index (χ1n) is 12.0. The molecule has 1 spiro atoms. The maximum absolute atomic E-state index is 11.9. The Labute approximate surface area is 189 Å². The van der Waals surface area contributed by atoms with Crippen molar-refractivity contribution in [1.29, 1.82) is 0 Å². The first-order valence-corrected chi connectivity index (χ1v) is 12.0. The van der Waals surface area contributed by atoms with Crippen LogP contribution in [-0.4, -0.2) is 38.9 Å². The van der Waals surface area contributed by atoms with Crippen LogP contribution in [0.4, 0.5) is 0 Å². The minimum absolute atomic E-state index is 0.0570. The van der Waals surface area contributed by atoms with E-state index in [1.165, 1.54) is 0 Å². The van der Waals surface area contributed by atoms with E-state index in [0.29, 0.717) is 25.2 Å². The summed E-state index contributed by atoms with van der Waals surface area (Å²) in [5.74, 6) is 1.32. The summed E-state index contributed by atoms with van der Waals surface area (Å²) in [7, 11) is 0. The first-order chi connectivity index (χ1) is 14.9. The van der Waals surface area contributed by atoms with Gasteiger partial charge in [-0.25, -0.2) is 0 Å². The third kappa shape index (κ3) is 2.72. The summed E-state index contributed by atoms with van der Waals surface area (Å²) >= 11 is 0. The standard InChI is InChI=1S/C26H36O6/c1-13-6-7-20-24(3,4)23(30)18(29)11-25(20,5)26(13)10-16-17(28)9-15-12-31-19(8-14(2)27)21(15)22(16)32-26/h9,13,18-20,23,28-30H,6-8,10-12H2,1-5H3. The number of hydrogen-bond donors (Lipinski definition) is 3. The molecular weight excluding hydrogens is 408 g/mol. The van der Waals surface area contributed by atoms with Gasteiger partial charge in [0.05, 0.1) is 24.9 Å². The predicted molar refractivity (Wildman–Crippen MR) is 118 cm³/mol. The lowest BCUT2D eigenvalue weighted by atomic mass is 9.43. The normalized spacial score (nSPS) is 41.7. The lowest BCUT2D eigenvalue weighted by Crippen LogP contribution is -2.69. The number of carbonyl (C=O) groups excluding carboxylic acids is 1. The van der Waals surface area contributed by atoms with Crippen LogP contribution in [-0.2, 0) is 22.6 Å². The van der Waals surface area contributed by atoms with E-state index < -0.39 is 23.2 Å². The third-order valence-electron chi connectivity index (χ3n) is 9.52. The number of hydrogen-bond acceptors (Lipinski definition) is 6. The Morgan fingerprint density at radius 2 is 1.94 bits per heavy atom. The van der Waals surface area contributed by atoms with E-state index in [1.54, 1.807) is 13.0 Å². The number of ether oxygens (including phenoxy) is 2. The Balaban J connectivity index is 1.64. The van der Waals surface area contributed by atoms with Crippen LogP contribution in [0.1, 0.15) is 83.1 Å². The van der Waals surface area contributed by atoms with E-state index >= 15 is 0 Å². The third-order valence-corrected chi connectivity index (χ3v) is 9.52. The van der Waals surface area contributed by atoms with Gasteiger partial charge in [0.15, 0.2) is 0 Å². The van der Waals surface area contributed by atoms with Gasteiger partial charge in [0.2, 0.25) is 0 Å². The van der Waals surface area contributed by atoms with Crippen LogP contribution in [0.3, 0.4) is 0 Å². The van der Waals surface area contributed by atoms with Crippen molar-refractivity contribution >= 4 is 5.78 Å². The van der Waals surface area contributed by atoms with Gasteiger partial charge < -0.3 is 24.8 Å². The van der Waals surface area contributed by atoms with Crippen molar-refractivity contribution in [2.24, 2.45) is 22.7 Å². The number of aliphatic hydroxyl groups excluding tert-OH is 2. The Hall–Kier alpha value is -1.63. The van der Waals surface area contributed by atoms with Gasteiger partial charge in [0.1, 0.15) is 22.9 Å². The van der Waals surface area contributed by atoms with Gasteiger partial charge >= 0.3 is 0 Å². The fourth-order valence-electron chi connectivity index (χ4n) is 7.87. The molecule has 1 aromatic rings. The number of benzene rings is 1. The highest BCUT2D eigenvalue weighted by Gasteiger charge is 2.68. The molecule has 2 aliphatic heterocycles. The number of phenolic OH excluding ortho intramolecular Hbond substituents is 1. The second kappa shape index (κ2) is 6.94. The number of fused-ring (bicyclic) bond motifs is 5. The molecule has 4 aliphatic rings. The molecule has 2 saturated carbocycles. The molecule has 32 heavy (non-hydrogen) atoms. The second-order valence-corrected chi connectivity index (χ2v) is 11.6. The van der Waals surface area contributed by atoms with E-state index in [1.807, 2.05) is 0 Å². The highest BCUT2D eigenvalue weighted by molar-refractivity contribution is 5.77. The zero-order chi connectivity index (χ0) is 23.2. The van der Waals surface area contributed by atoms with Crippen molar-refractivity contribution in [2.45, 2.75) is 97.2 Å². The fourth-order valence-corrected chi connectivity index (χ4v) is 7.87. The molecule has 6 heteroatoms. The lowest BCUT2D eigenvalue weighted by molar-refractivity contribution is -0.240. The molecule has 0 saturated heterocycles. The molecule has 1 aromatic carbocycles. The van der Waals surface area contributed by atoms with Crippen molar-refractivity contribution in [3.05, 3.63) is 22.8 Å². The van der Waals surface area contributed by atoms with E-state index in [4.69, 9.17) is 9.47 Å². The van der Waals surface area contributed by atoms with Crippen LogP contribution in [0.2, 0.25) is 0 Å². The van der Waals surface area contributed by atoms with E-state index in [2.05, 4.69) is 27.7 Å². The van der Waals surface area contributed by atoms with Crippen molar-refractivity contribution in [3.63, 3.8) is 0 Å². The van der Waals surface area contributed by atoms with Gasteiger partial charge in [-0.3, -0.25) is 4.79 Å². The van der Waals surface area contributed by atoms with Crippen LogP contribution in [0.15, 0.2) is 6.07 Å².